The SMILES string of the molecule is COCC1=CC(=S)N2NN(C(F)(F)F)C=C2N1. The topological polar surface area (TPSA) is 39.8 Å². The number of hydrogen-bond donors (Lipinski definition) is 2. The van der Waals surface area contributed by atoms with Gasteiger partial charge in [-0.05, 0) is 6.08 Å². The van der Waals surface area contributed by atoms with Gasteiger partial charge in [0, 0.05) is 12.8 Å². The highest BCUT2D eigenvalue weighted by Gasteiger charge is 2.42. The van der Waals surface area contributed by atoms with E-state index in [1.807, 2.05) is 0 Å². The second-order valence-corrected chi connectivity index (χ2v) is 3.77. The van der Waals surface area contributed by atoms with Gasteiger partial charge in [0.25, 0.3) is 0 Å². The molecule has 0 unspecified atom stereocenters. The molecule has 0 aromatic carbocycles. The molecule has 0 amide bonds. The van der Waals surface area contributed by atoms with Crippen LogP contribution in [0.5, 0.6) is 0 Å². The van der Waals surface area contributed by atoms with E-state index in [4.69, 9.17) is 17.0 Å². The summed E-state index contributed by atoms with van der Waals surface area (Å²) >= 11 is 4.97. The van der Waals surface area contributed by atoms with Crippen LogP contribution in [0, 0.1) is 0 Å². The Morgan fingerprint density at radius 1 is 1.47 bits per heavy atom. The third kappa shape index (κ3) is 2.35. The van der Waals surface area contributed by atoms with Gasteiger partial charge in [-0.2, -0.15) is 0 Å². The predicted octanol–water partition coefficient (Wildman–Crippen LogP) is 0.803. The third-order valence-electron chi connectivity index (χ3n) is 2.08. The maximum atomic E-state index is 12.5. The lowest BCUT2D eigenvalue weighted by atomic mass is 10.3. The molecule has 0 atom stereocenters. The highest BCUT2D eigenvalue weighted by atomic mass is 32.1. The van der Waals surface area contributed by atoms with E-state index in [2.05, 4.69) is 10.9 Å². The fraction of sp³-hybridized carbons (Fsp3) is 0.375. The summed E-state index contributed by atoms with van der Waals surface area (Å²) in [5.74, 6) is 0.210. The monoisotopic (exact) mass is 266 g/mol. The molecule has 0 aliphatic carbocycles. The molecule has 5 nitrogen and oxygen atoms in total. The Morgan fingerprint density at radius 2 is 2.18 bits per heavy atom. The van der Waals surface area contributed by atoms with Gasteiger partial charge in [0.05, 0.1) is 12.8 Å². The van der Waals surface area contributed by atoms with Crippen molar-refractivity contribution < 1.29 is 17.9 Å². The van der Waals surface area contributed by atoms with E-state index < -0.39 is 6.30 Å². The van der Waals surface area contributed by atoms with Crippen molar-refractivity contribution >= 4 is 17.2 Å². The smallest absolute Gasteiger partial charge is 0.378 e. The minimum absolute atomic E-state index is 0.0191. The van der Waals surface area contributed by atoms with Crippen molar-refractivity contribution in [1.82, 2.24) is 20.9 Å². The summed E-state index contributed by atoms with van der Waals surface area (Å²) in [6.07, 6.45) is -2.10. The molecule has 0 fully saturated rings. The Balaban J connectivity index is 2.18. The van der Waals surface area contributed by atoms with Crippen LogP contribution < -0.4 is 10.9 Å². The maximum absolute atomic E-state index is 12.5. The number of methoxy groups -OCH3 is 1. The van der Waals surface area contributed by atoms with Gasteiger partial charge < -0.3 is 10.1 Å². The summed E-state index contributed by atoms with van der Waals surface area (Å²) in [6, 6.07) is 0. The van der Waals surface area contributed by atoms with Crippen LogP contribution in [0.4, 0.5) is 13.2 Å². The quantitative estimate of drug-likeness (QED) is 0.569. The number of alkyl halides is 3. The van der Waals surface area contributed by atoms with E-state index in [0.717, 1.165) is 11.2 Å². The normalized spacial score (nSPS) is 19.9. The van der Waals surface area contributed by atoms with Gasteiger partial charge in [-0.15, -0.1) is 18.7 Å². The van der Waals surface area contributed by atoms with Crippen LogP contribution in [-0.4, -0.2) is 35.0 Å². The average Bonchev–Trinajstić information content (AvgIpc) is 2.61. The summed E-state index contributed by atoms with van der Waals surface area (Å²) in [5.41, 5.74) is 2.71. The van der Waals surface area contributed by atoms with Crippen molar-refractivity contribution in [3.05, 3.63) is 23.8 Å². The number of hydrogen-bond acceptors (Lipinski definition) is 5. The molecule has 2 heterocycles. The molecule has 0 radical (unpaired) electrons. The maximum Gasteiger partial charge on any atom is 0.500 e. The zero-order valence-electron chi connectivity index (χ0n) is 8.71. The standard InChI is InChI=1S/C8H9F3N4OS/c1-16-4-5-2-7(17)15-6(12-5)3-14(13-15)8(9,10)11/h2-3,12-13H,4H2,1H3. The minimum atomic E-state index is -4.51. The molecule has 0 saturated heterocycles. The highest BCUT2D eigenvalue weighted by molar-refractivity contribution is 7.80. The molecule has 0 saturated carbocycles. The van der Waals surface area contributed by atoms with E-state index in [9.17, 15) is 13.2 Å². The van der Waals surface area contributed by atoms with E-state index >= 15 is 0 Å². The zero-order valence-corrected chi connectivity index (χ0v) is 9.52. The second-order valence-electron chi connectivity index (χ2n) is 3.35. The molecule has 2 aliphatic heterocycles. The molecular weight excluding hydrogens is 257 g/mol. The van der Waals surface area contributed by atoms with Gasteiger partial charge in [-0.3, -0.25) is 0 Å². The van der Waals surface area contributed by atoms with E-state index in [-0.39, 0.29) is 22.4 Å². The molecule has 0 aromatic rings. The molecule has 0 bridgehead atoms. The molecular formula is C8H9F3N4OS. The number of fused-ring (bicyclic) bond motifs is 1. The van der Waals surface area contributed by atoms with Crippen molar-refractivity contribution in [2.75, 3.05) is 13.7 Å². The molecule has 0 aromatic heterocycles. The summed E-state index contributed by atoms with van der Waals surface area (Å²) in [7, 11) is 1.49. The Hall–Kier alpha value is -1.32. The third-order valence-corrected chi connectivity index (χ3v) is 2.38. The van der Waals surface area contributed by atoms with Crippen LogP contribution in [0.2, 0.25) is 0 Å². The molecule has 0 spiro atoms. The first-order valence-electron chi connectivity index (χ1n) is 4.56. The molecule has 2 rings (SSSR count). The highest BCUT2D eigenvalue weighted by Crippen LogP contribution is 2.26. The molecule has 9 heteroatoms. The molecule has 2 aliphatic rings. The first-order valence-corrected chi connectivity index (χ1v) is 4.97. The van der Waals surface area contributed by atoms with Crippen LogP contribution in [0.3, 0.4) is 0 Å². The van der Waals surface area contributed by atoms with Crippen LogP contribution >= 0.6 is 12.2 Å². The number of thiocarbonyl (C=S) groups is 1. The van der Waals surface area contributed by atoms with Gasteiger partial charge in [0.2, 0.25) is 0 Å². The largest absolute Gasteiger partial charge is 0.500 e. The van der Waals surface area contributed by atoms with Crippen molar-refractivity contribution in [3.63, 3.8) is 0 Å². The van der Waals surface area contributed by atoms with E-state index in [1.165, 1.54) is 13.2 Å². The van der Waals surface area contributed by atoms with Crippen molar-refractivity contribution in [3.8, 4) is 0 Å². The second kappa shape index (κ2) is 4.17. The van der Waals surface area contributed by atoms with Gasteiger partial charge >= 0.3 is 6.30 Å². The number of nitrogens with one attached hydrogen (secondary N) is 2. The zero-order chi connectivity index (χ0) is 12.6. The first-order chi connectivity index (χ1) is 7.91. The van der Waals surface area contributed by atoms with Crippen LogP contribution in [0.15, 0.2) is 23.8 Å². The number of hydrazine groups is 2. The van der Waals surface area contributed by atoms with Gasteiger partial charge in [-0.25, -0.2) is 10.0 Å². The fourth-order valence-electron chi connectivity index (χ4n) is 1.40. The Labute approximate surface area is 100 Å². The van der Waals surface area contributed by atoms with E-state index in [0.29, 0.717) is 5.70 Å². The Morgan fingerprint density at radius 3 is 2.76 bits per heavy atom. The lowest BCUT2D eigenvalue weighted by Gasteiger charge is -2.28. The van der Waals surface area contributed by atoms with E-state index in [1.54, 1.807) is 0 Å². The first kappa shape index (κ1) is 12.1. The summed E-state index contributed by atoms with van der Waals surface area (Å²) < 4.78 is 42.2. The Bertz CT molecular complexity index is 406. The average molecular weight is 266 g/mol. The van der Waals surface area contributed by atoms with Gasteiger partial charge in [-0.1, -0.05) is 12.2 Å². The molecule has 2 N–H and O–H groups in total. The van der Waals surface area contributed by atoms with Crippen LogP contribution in [-0.2, 0) is 4.74 Å². The van der Waals surface area contributed by atoms with Gasteiger partial charge in [0.1, 0.15) is 10.8 Å². The summed E-state index contributed by atoms with van der Waals surface area (Å²) in [6.45, 7) is 0.247. The lowest BCUT2D eigenvalue weighted by Crippen LogP contribution is -2.51. The number of rotatable bonds is 2. The van der Waals surface area contributed by atoms with Crippen molar-refractivity contribution in [2.24, 2.45) is 0 Å². The van der Waals surface area contributed by atoms with Crippen LogP contribution in [0.25, 0.3) is 0 Å². The fourth-order valence-corrected chi connectivity index (χ4v) is 1.69. The van der Waals surface area contributed by atoms with Gasteiger partial charge in [0.15, 0.2) is 0 Å². The predicted molar refractivity (Wildman–Crippen MR) is 56.6 cm³/mol. The van der Waals surface area contributed by atoms with Crippen LogP contribution in [0.1, 0.15) is 0 Å². The molecule has 17 heavy (non-hydrogen) atoms. The Kier molecular flexibility index (Phi) is 2.98. The van der Waals surface area contributed by atoms with Crippen molar-refractivity contribution in [1.29, 1.82) is 0 Å². The number of nitrogens with zero attached hydrogens (tertiary/aromatic N) is 2. The summed E-state index contributed by atoms with van der Waals surface area (Å²) in [4.78, 5) is 0.230. The molecule has 94 valence electrons. The summed E-state index contributed by atoms with van der Waals surface area (Å²) in [5, 5.41) is 3.93. The lowest BCUT2D eigenvalue weighted by molar-refractivity contribution is -0.249. The minimum Gasteiger partial charge on any atom is -0.378 e. The van der Waals surface area contributed by atoms with Crippen molar-refractivity contribution in [2.45, 2.75) is 6.30 Å². The number of halogens is 3. The number of ether oxygens (including phenoxy) is 1.